The normalized spacial score (nSPS) is 10.4. The minimum Gasteiger partial charge on any atom is -0.495 e. The molecule has 0 spiro atoms. The summed E-state index contributed by atoms with van der Waals surface area (Å²) >= 11 is 3.36. The van der Waals surface area contributed by atoms with E-state index in [4.69, 9.17) is 18.6 Å². The molecule has 3 aromatic rings. The molecule has 0 saturated carbocycles. The molecule has 1 aromatic heterocycles. The first kappa shape index (κ1) is 17.0. The Morgan fingerprint density at radius 2 is 1.72 bits per heavy atom. The molecule has 25 heavy (non-hydrogen) atoms. The summed E-state index contributed by atoms with van der Waals surface area (Å²) < 4.78 is 21.6. The molecule has 7 nitrogen and oxygen atoms in total. The largest absolute Gasteiger partial charge is 0.495 e. The number of hydrogen-bond acceptors (Lipinski definition) is 7. The predicted octanol–water partition coefficient (Wildman–Crippen LogP) is 3.74. The average Bonchev–Trinajstić information content (AvgIpc) is 3.17. The number of ether oxygens (including phenoxy) is 3. The van der Waals surface area contributed by atoms with Crippen LogP contribution >= 0.6 is 15.9 Å². The van der Waals surface area contributed by atoms with Crippen LogP contribution in [0.2, 0.25) is 0 Å². The van der Waals surface area contributed by atoms with E-state index in [1.165, 1.54) is 20.6 Å². The number of halogens is 1. The standard InChI is InChI=1S/C17H13BrN2O5/c1-22-13-7-11(8-14(23-2)15(13)18)17(21)25-12-5-3-10(4-6-12)16-20-19-9-24-16/h3-9H,1-2H3. The Bertz CT molecular complexity index is 854. The van der Waals surface area contributed by atoms with Crippen molar-refractivity contribution >= 4 is 21.9 Å². The van der Waals surface area contributed by atoms with Gasteiger partial charge in [0.2, 0.25) is 12.3 Å². The number of carbonyl (C=O) groups is 1. The van der Waals surface area contributed by atoms with Crippen LogP contribution in [0.15, 0.2) is 51.7 Å². The highest BCUT2D eigenvalue weighted by molar-refractivity contribution is 9.10. The molecule has 0 aliphatic carbocycles. The summed E-state index contributed by atoms with van der Waals surface area (Å²) in [6.45, 7) is 0. The van der Waals surface area contributed by atoms with Crippen molar-refractivity contribution in [2.24, 2.45) is 0 Å². The molecule has 0 radical (unpaired) electrons. The first-order valence-electron chi connectivity index (χ1n) is 7.12. The molecule has 3 rings (SSSR count). The van der Waals surface area contributed by atoms with Crippen LogP contribution in [-0.2, 0) is 0 Å². The lowest BCUT2D eigenvalue weighted by Crippen LogP contribution is -2.09. The maximum absolute atomic E-state index is 12.4. The Labute approximate surface area is 151 Å². The number of methoxy groups -OCH3 is 2. The number of rotatable bonds is 5. The van der Waals surface area contributed by atoms with Gasteiger partial charge in [0.25, 0.3) is 0 Å². The molecular weight excluding hydrogens is 392 g/mol. The van der Waals surface area contributed by atoms with Crippen LogP contribution in [0.4, 0.5) is 0 Å². The van der Waals surface area contributed by atoms with Gasteiger partial charge in [0.05, 0.1) is 19.8 Å². The lowest BCUT2D eigenvalue weighted by atomic mass is 10.2. The Kier molecular flexibility index (Phi) is 4.99. The quantitative estimate of drug-likeness (QED) is 0.472. The van der Waals surface area contributed by atoms with E-state index in [1.54, 1.807) is 36.4 Å². The lowest BCUT2D eigenvalue weighted by Gasteiger charge is -2.11. The molecule has 1 heterocycles. The van der Waals surface area contributed by atoms with E-state index in [9.17, 15) is 4.79 Å². The van der Waals surface area contributed by atoms with Crippen molar-refractivity contribution in [3.8, 4) is 28.7 Å². The molecule has 0 aliphatic heterocycles. The van der Waals surface area contributed by atoms with Gasteiger partial charge in [-0.05, 0) is 52.3 Å². The van der Waals surface area contributed by atoms with Gasteiger partial charge in [0, 0.05) is 5.56 Å². The fourth-order valence-electron chi connectivity index (χ4n) is 2.12. The average molecular weight is 405 g/mol. The van der Waals surface area contributed by atoms with Crippen LogP contribution in [0, 0.1) is 0 Å². The van der Waals surface area contributed by atoms with Crippen molar-refractivity contribution in [2.75, 3.05) is 14.2 Å². The summed E-state index contributed by atoms with van der Waals surface area (Å²) in [6.07, 6.45) is 1.25. The molecule has 0 bridgehead atoms. The molecule has 2 aromatic carbocycles. The molecule has 0 aliphatic rings. The van der Waals surface area contributed by atoms with E-state index in [2.05, 4.69) is 26.1 Å². The van der Waals surface area contributed by atoms with Crippen LogP contribution in [-0.4, -0.2) is 30.4 Å². The molecule has 8 heteroatoms. The van der Waals surface area contributed by atoms with Gasteiger partial charge in [0.15, 0.2) is 0 Å². The van der Waals surface area contributed by atoms with Gasteiger partial charge in [-0.3, -0.25) is 0 Å². The summed E-state index contributed by atoms with van der Waals surface area (Å²) in [5.41, 5.74) is 1.03. The van der Waals surface area contributed by atoms with Crippen molar-refractivity contribution in [3.05, 3.63) is 52.8 Å². The van der Waals surface area contributed by atoms with Crippen molar-refractivity contribution in [1.29, 1.82) is 0 Å². The molecule has 0 saturated heterocycles. The number of esters is 1. The molecular formula is C17H13BrN2O5. The maximum Gasteiger partial charge on any atom is 0.343 e. The fraction of sp³-hybridized carbons (Fsp3) is 0.118. The maximum atomic E-state index is 12.4. The van der Waals surface area contributed by atoms with Gasteiger partial charge in [-0.15, -0.1) is 10.2 Å². The summed E-state index contributed by atoms with van der Waals surface area (Å²) in [5.74, 6) is 1.18. The van der Waals surface area contributed by atoms with E-state index in [0.29, 0.717) is 33.2 Å². The van der Waals surface area contributed by atoms with Crippen molar-refractivity contribution in [3.63, 3.8) is 0 Å². The Balaban J connectivity index is 1.80. The number of aromatic nitrogens is 2. The summed E-state index contributed by atoms with van der Waals surface area (Å²) in [5, 5.41) is 7.43. The second-order valence-electron chi connectivity index (χ2n) is 4.85. The summed E-state index contributed by atoms with van der Waals surface area (Å²) in [7, 11) is 3.01. The van der Waals surface area contributed by atoms with Crippen LogP contribution in [0.1, 0.15) is 10.4 Å². The van der Waals surface area contributed by atoms with E-state index in [-0.39, 0.29) is 0 Å². The molecule has 0 unspecified atom stereocenters. The lowest BCUT2D eigenvalue weighted by molar-refractivity contribution is 0.0734. The highest BCUT2D eigenvalue weighted by atomic mass is 79.9. The second kappa shape index (κ2) is 7.35. The smallest absolute Gasteiger partial charge is 0.343 e. The number of hydrogen-bond donors (Lipinski definition) is 0. The van der Waals surface area contributed by atoms with Crippen LogP contribution < -0.4 is 14.2 Å². The van der Waals surface area contributed by atoms with Gasteiger partial charge in [-0.2, -0.15) is 0 Å². The Hall–Kier alpha value is -2.87. The first-order valence-corrected chi connectivity index (χ1v) is 7.92. The van der Waals surface area contributed by atoms with Gasteiger partial charge >= 0.3 is 5.97 Å². The number of carbonyl (C=O) groups excluding carboxylic acids is 1. The van der Waals surface area contributed by atoms with Gasteiger partial charge < -0.3 is 18.6 Å². The number of benzene rings is 2. The molecule has 128 valence electrons. The van der Waals surface area contributed by atoms with Crippen molar-refractivity contribution in [2.45, 2.75) is 0 Å². The zero-order valence-corrected chi connectivity index (χ0v) is 14.9. The van der Waals surface area contributed by atoms with Crippen LogP contribution in [0.25, 0.3) is 11.5 Å². The first-order chi connectivity index (χ1) is 12.1. The topological polar surface area (TPSA) is 83.7 Å². The van der Waals surface area contributed by atoms with Crippen LogP contribution in [0.5, 0.6) is 17.2 Å². The van der Waals surface area contributed by atoms with Gasteiger partial charge in [-0.25, -0.2) is 4.79 Å². The predicted molar refractivity (Wildman–Crippen MR) is 91.9 cm³/mol. The monoisotopic (exact) mass is 404 g/mol. The third-order valence-electron chi connectivity index (χ3n) is 3.35. The van der Waals surface area contributed by atoms with Gasteiger partial charge in [0.1, 0.15) is 21.7 Å². The molecule has 0 amide bonds. The van der Waals surface area contributed by atoms with Crippen molar-refractivity contribution in [1.82, 2.24) is 10.2 Å². The van der Waals surface area contributed by atoms with E-state index >= 15 is 0 Å². The number of nitrogens with zero attached hydrogens (tertiary/aromatic N) is 2. The Morgan fingerprint density at radius 3 is 2.24 bits per heavy atom. The third kappa shape index (κ3) is 3.63. The van der Waals surface area contributed by atoms with Crippen LogP contribution in [0.3, 0.4) is 0 Å². The van der Waals surface area contributed by atoms with Crippen molar-refractivity contribution < 1.29 is 23.4 Å². The highest BCUT2D eigenvalue weighted by Crippen LogP contribution is 2.36. The van der Waals surface area contributed by atoms with E-state index in [0.717, 1.165) is 5.56 Å². The molecule has 0 atom stereocenters. The minimum atomic E-state index is -0.533. The fourth-order valence-corrected chi connectivity index (χ4v) is 2.67. The summed E-state index contributed by atoms with van der Waals surface area (Å²) in [4.78, 5) is 12.4. The molecule has 0 N–H and O–H groups in total. The third-order valence-corrected chi connectivity index (χ3v) is 4.13. The Morgan fingerprint density at radius 1 is 1.08 bits per heavy atom. The zero-order chi connectivity index (χ0) is 17.8. The zero-order valence-electron chi connectivity index (χ0n) is 13.4. The molecule has 0 fully saturated rings. The highest BCUT2D eigenvalue weighted by Gasteiger charge is 2.16. The SMILES string of the molecule is COc1cc(C(=O)Oc2ccc(-c3nnco3)cc2)cc(OC)c1Br. The van der Waals surface area contributed by atoms with E-state index < -0.39 is 5.97 Å². The summed E-state index contributed by atoms with van der Waals surface area (Å²) in [6, 6.07) is 9.87. The van der Waals surface area contributed by atoms with Gasteiger partial charge in [-0.1, -0.05) is 0 Å². The second-order valence-corrected chi connectivity index (χ2v) is 5.65. The minimum absolute atomic E-state index is 0.304. The van der Waals surface area contributed by atoms with E-state index in [1.807, 2.05) is 0 Å².